The first kappa shape index (κ1) is 16.3. The highest BCUT2D eigenvalue weighted by atomic mass is 32.1. The van der Waals surface area contributed by atoms with E-state index in [-0.39, 0.29) is 5.91 Å². The number of thiazole rings is 1. The number of anilines is 1. The van der Waals surface area contributed by atoms with Crippen molar-refractivity contribution in [2.24, 2.45) is 0 Å². The summed E-state index contributed by atoms with van der Waals surface area (Å²) < 4.78 is 0. The Balaban J connectivity index is 1.96. The summed E-state index contributed by atoms with van der Waals surface area (Å²) in [5.41, 5.74) is 3.74. The van der Waals surface area contributed by atoms with Crippen molar-refractivity contribution in [3.8, 4) is 10.6 Å². The molecule has 0 N–H and O–H groups in total. The Morgan fingerprint density at radius 1 is 1.21 bits per heavy atom. The number of amides is 1. The van der Waals surface area contributed by atoms with Gasteiger partial charge in [0.05, 0.1) is 5.69 Å². The van der Waals surface area contributed by atoms with Crippen molar-refractivity contribution >= 4 is 22.9 Å². The van der Waals surface area contributed by atoms with E-state index in [1.807, 2.05) is 57.2 Å². The molecule has 0 aliphatic carbocycles. The number of carbonyl (C=O) groups excluding carboxylic acids is 1. The van der Waals surface area contributed by atoms with Crippen LogP contribution in [0.2, 0.25) is 0 Å². The average Bonchev–Trinajstić information content (AvgIpc) is 2.98. The number of rotatable bonds is 4. The van der Waals surface area contributed by atoms with Crippen molar-refractivity contribution in [3.05, 3.63) is 64.9 Å². The lowest BCUT2D eigenvalue weighted by Crippen LogP contribution is -2.30. The maximum atomic E-state index is 13.0. The van der Waals surface area contributed by atoms with Gasteiger partial charge in [-0.1, -0.05) is 12.1 Å². The zero-order valence-electron chi connectivity index (χ0n) is 14.0. The molecule has 3 aromatic rings. The van der Waals surface area contributed by atoms with E-state index < -0.39 is 0 Å². The molecular weight excluding hydrogens is 318 g/mol. The molecule has 0 radical (unpaired) electrons. The maximum Gasteiger partial charge on any atom is 0.270 e. The van der Waals surface area contributed by atoms with Crippen LogP contribution in [0.5, 0.6) is 0 Å². The third kappa shape index (κ3) is 3.21. The first-order valence-corrected chi connectivity index (χ1v) is 8.68. The molecule has 1 aromatic carbocycles. The van der Waals surface area contributed by atoms with Gasteiger partial charge in [-0.2, -0.15) is 0 Å². The first-order valence-electron chi connectivity index (χ1n) is 7.86. The zero-order chi connectivity index (χ0) is 17.1. The summed E-state index contributed by atoms with van der Waals surface area (Å²) in [5, 5.41) is 0.823. The van der Waals surface area contributed by atoms with Crippen LogP contribution >= 0.6 is 11.3 Å². The van der Waals surface area contributed by atoms with Crippen LogP contribution in [0.25, 0.3) is 10.6 Å². The van der Waals surface area contributed by atoms with E-state index >= 15 is 0 Å². The quantitative estimate of drug-likeness (QED) is 0.705. The Morgan fingerprint density at radius 2 is 2.04 bits per heavy atom. The number of aromatic nitrogens is 2. The Kier molecular flexibility index (Phi) is 4.71. The summed E-state index contributed by atoms with van der Waals surface area (Å²) in [6, 6.07) is 11.8. The fraction of sp³-hybridized carbons (Fsp3) is 0.211. The van der Waals surface area contributed by atoms with Gasteiger partial charge < -0.3 is 4.90 Å². The monoisotopic (exact) mass is 337 g/mol. The second-order valence-corrected chi connectivity index (χ2v) is 6.56. The molecule has 0 saturated heterocycles. The van der Waals surface area contributed by atoms with Crippen LogP contribution in [0.1, 0.15) is 27.9 Å². The summed E-state index contributed by atoms with van der Waals surface area (Å²) in [7, 11) is 0. The van der Waals surface area contributed by atoms with Gasteiger partial charge in [0.25, 0.3) is 5.91 Å². The molecule has 24 heavy (non-hydrogen) atoms. The summed E-state index contributed by atoms with van der Waals surface area (Å²) in [6.45, 7) is 6.51. The highest BCUT2D eigenvalue weighted by Crippen LogP contribution is 2.29. The molecule has 4 nitrogen and oxygen atoms in total. The van der Waals surface area contributed by atoms with Crippen LogP contribution in [0.4, 0.5) is 5.69 Å². The molecule has 0 unspecified atom stereocenters. The Bertz CT molecular complexity index is 858. The molecule has 0 aliphatic heterocycles. The largest absolute Gasteiger partial charge is 0.308 e. The molecule has 2 heterocycles. The lowest BCUT2D eigenvalue weighted by atomic mass is 10.2. The van der Waals surface area contributed by atoms with Crippen molar-refractivity contribution in [2.45, 2.75) is 20.8 Å². The molecule has 0 fully saturated rings. The Hall–Kier alpha value is -2.53. The summed E-state index contributed by atoms with van der Waals surface area (Å²) in [6.07, 6.45) is 3.50. The summed E-state index contributed by atoms with van der Waals surface area (Å²) >= 11 is 1.42. The van der Waals surface area contributed by atoms with E-state index in [0.29, 0.717) is 11.4 Å². The molecule has 0 spiro atoms. The van der Waals surface area contributed by atoms with Gasteiger partial charge in [-0.3, -0.25) is 9.78 Å². The van der Waals surface area contributed by atoms with Crippen molar-refractivity contribution in [3.63, 3.8) is 0 Å². The third-order valence-corrected chi connectivity index (χ3v) is 4.97. The summed E-state index contributed by atoms with van der Waals surface area (Å²) in [4.78, 5) is 24.2. The molecular formula is C19H19N3OS. The SMILES string of the molecule is CCN(C(=O)c1sc(-c2cccnc2)nc1C)c1cccc(C)c1. The molecule has 122 valence electrons. The number of benzene rings is 1. The van der Waals surface area contributed by atoms with Gasteiger partial charge in [0.15, 0.2) is 0 Å². The van der Waals surface area contributed by atoms with Gasteiger partial charge in [0.2, 0.25) is 0 Å². The topological polar surface area (TPSA) is 46.1 Å². The predicted octanol–water partition coefficient (Wildman–Crippen LogP) is 4.49. The minimum Gasteiger partial charge on any atom is -0.308 e. The molecule has 3 rings (SSSR count). The Labute approximate surface area is 145 Å². The van der Waals surface area contributed by atoms with E-state index in [1.54, 1.807) is 17.3 Å². The number of aryl methyl sites for hydroxylation is 2. The van der Waals surface area contributed by atoms with E-state index in [9.17, 15) is 4.79 Å². The van der Waals surface area contributed by atoms with Crippen LogP contribution in [-0.2, 0) is 0 Å². The number of hydrogen-bond acceptors (Lipinski definition) is 4. The van der Waals surface area contributed by atoms with Gasteiger partial charge in [-0.25, -0.2) is 4.98 Å². The van der Waals surface area contributed by atoms with Gasteiger partial charge in [-0.05, 0) is 50.6 Å². The molecule has 5 heteroatoms. The number of carbonyl (C=O) groups is 1. The Morgan fingerprint density at radius 3 is 2.71 bits per heavy atom. The van der Waals surface area contributed by atoms with Crippen LogP contribution in [0.3, 0.4) is 0 Å². The van der Waals surface area contributed by atoms with Gasteiger partial charge in [-0.15, -0.1) is 11.3 Å². The zero-order valence-corrected chi connectivity index (χ0v) is 14.8. The fourth-order valence-electron chi connectivity index (χ4n) is 2.57. The summed E-state index contributed by atoms with van der Waals surface area (Å²) in [5.74, 6) is -0.00626. The third-order valence-electron chi connectivity index (χ3n) is 3.77. The standard InChI is InChI=1S/C19H19N3OS/c1-4-22(16-9-5-7-13(2)11-16)19(23)17-14(3)21-18(24-17)15-8-6-10-20-12-15/h5-12H,4H2,1-3H3. The van der Waals surface area contributed by atoms with Crippen LogP contribution in [0.15, 0.2) is 48.8 Å². The van der Waals surface area contributed by atoms with Crippen molar-refractivity contribution in [1.29, 1.82) is 0 Å². The molecule has 0 aliphatic rings. The number of hydrogen-bond donors (Lipinski definition) is 0. The molecule has 0 bridgehead atoms. The minimum absolute atomic E-state index is 0.00626. The van der Waals surface area contributed by atoms with E-state index in [4.69, 9.17) is 0 Å². The van der Waals surface area contributed by atoms with Gasteiger partial charge in [0, 0.05) is 30.2 Å². The second kappa shape index (κ2) is 6.93. The highest BCUT2D eigenvalue weighted by molar-refractivity contribution is 7.17. The average molecular weight is 337 g/mol. The molecule has 0 atom stereocenters. The highest BCUT2D eigenvalue weighted by Gasteiger charge is 2.22. The molecule has 1 amide bonds. The number of pyridine rings is 1. The van der Waals surface area contributed by atoms with Crippen LogP contribution < -0.4 is 4.90 Å². The van der Waals surface area contributed by atoms with Crippen molar-refractivity contribution in [2.75, 3.05) is 11.4 Å². The smallest absolute Gasteiger partial charge is 0.270 e. The lowest BCUT2D eigenvalue weighted by Gasteiger charge is -2.21. The van der Waals surface area contributed by atoms with Crippen LogP contribution in [0, 0.1) is 13.8 Å². The van der Waals surface area contributed by atoms with E-state index in [0.717, 1.165) is 27.5 Å². The second-order valence-electron chi connectivity index (χ2n) is 5.56. The fourth-order valence-corrected chi connectivity index (χ4v) is 3.57. The predicted molar refractivity (Wildman–Crippen MR) is 98.6 cm³/mol. The molecule has 2 aromatic heterocycles. The number of nitrogens with zero attached hydrogens (tertiary/aromatic N) is 3. The van der Waals surface area contributed by atoms with E-state index in [2.05, 4.69) is 9.97 Å². The van der Waals surface area contributed by atoms with Gasteiger partial charge >= 0.3 is 0 Å². The van der Waals surface area contributed by atoms with Crippen molar-refractivity contribution in [1.82, 2.24) is 9.97 Å². The lowest BCUT2D eigenvalue weighted by molar-refractivity contribution is 0.0991. The molecule has 0 saturated carbocycles. The maximum absolute atomic E-state index is 13.0. The van der Waals surface area contributed by atoms with Crippen molar-refractivity contribution < 1.29 is 4.79 Å². The van der Waals surface area contributed by atoms with Gasteiger partial charge in [0.1, 0.15) is 9.88 Å². The normalized spacial score (nSPS) is 10.6. The van der Waals surface area contributed by atoms with Crippen LogP contribution in [-0.4, -0.2) is 22.4 Å². The first-order chi connectivity index (χ1) is 11.6. The van der Waals surface area contributed by atoms with E-state index in [1.165, 1.54) is 11.3 Å². The minimum atomic E-state index is -0.00626.